The minimum Gasteiger partial charge on any atom is -0.363 e. The summed E-state index contributed by atoms with van der Waals surface area (Å²) in [6.07, 6.45) is 11.2. The van der Waals surface area contributed by atoms with Crippen molar-refractivity contribution in [1.29, 1.82) is 0 Å². The quantitative estimate of drug-likeness (QED) is 0.0320. The van der Waals surface area contributed by atoms with E-state index in [1.165, 1.54) is 0 Å². The molecule has 0 bridgehead atoms. The first-order valence-corrected chi connectivity index (χ1v) is 24.2. The van der Waals surface area contributed by atoms with Crippen molar-refractivity contribution in [2.75, 3.05) is 119 Å². The Hall–Kier alpha value is 1.24. The lowest BCUT2D eigenvalue weighted by Gasteiger charge is -2.52. The molecule has 0 aliphatic carbocycles. The average molecular weight is 813 g/mol. The van der Waals surface area contributed by atoms with Gasteiger partial charge in [0.05, 0.1) is 0 Å². The van der Waals surface area contributed by atoms with Crippen LogP contribution in [0.2, 0.25) is 0 Å². The second-order valence-electron chi connectivity index (χ2n) is 11.8. The molecule has 0 aromatic rings. The Morgan fingerprint density at radius 2 is 0.843 bits per heavy atom. The summed E-state index contributed by atoms with van der Waals surface area (Å²) in [5.74, 6) is -3.80. The third-order valence-corrected chi connectivity index (χ3v) is 14.7. The van der Waals surface area contributed by atoms with Gasteiger partial charge in [0.15, 0.2) is 6.10 Å². The van der Waals surface area contributed by atoms with Crippen LogP contribution in [0.3, 0.4) is 0 Å². The lowest BCUT2D eigenvalue weighted by Crippen LogP contribution is -2.69. The van der Waals surface area contributed by atoms with Crippen molar-refractivity contribution >= 4 is 34.3 Å². The van der Waals surface area contributed by atoms with E-state index in [1.54, 1.807) is 56.9 Å². The molecular weight excluding hydrogens is 732 g/mol. The monoisotopic (exact) mass is 812 g/mol. The predicted molar refractivity (Wildman–Crippen MR) is 222 cm³/mol. The maximum absolute atomic E-state index is 6.01. The van der Waals surface area contributed by atoms with Crippen molar-refractivity contribution in [3.63, 3.8) is 0 Å². The molecule has 0 aromatic heterocycles. The van der Waals surface area contributed by atoms with E-state index in [4.69, 9.17) is 47.5 Å². The first-order chi connectivity index (χ1) is 24.5. The highest BCUT2D eigenvalue weighted by Crippen LogP contribution is 2.40. The van der Waals surface area contributed by atoms with Crippen molar-refractivity contribution in [1.82, 2.24) is 10.4 Å². The van der Waals surface area contributed by atoms with Gasteiger partial charge in [-0.1, -0.05) is 60.3 Å². The lowest BCUT2D eigenvalue weighted by molar-refractivity contribution is -0.420. The van der Waals surface area contributed by atoms with Crippen LogP contribution in [-0.4, -0.2) is 160 Å². The first kappa shape index (κ1) is 54.3. The number of methoxy groups -OCH3 is 8. The van der Waals surface area contributed by atoms with E-state index in [-0.39, 0.29) is 6.23 Å². The third kappa shape index (κ3) is 17.5. The molecular formula is C35H80N2O10P4. The van der Waals surface area contributed by atoms with E-state index in [9.17, 15) is 0 Å². The van der Waals surface area contributed by atoms with Gasteiger partial charge in [0.25, 0.3) is 0 Å². The minimum absolute atomic E-state index is 0.294. The number of hydrogen-bond donors (Lipinski definition) is 1. The zero-order valence-electron chi connectivity index (χ0n) is 35.1. The molecule has 0 rings (SSSR count). The molecule has 0 aromatic carbocycles. The highest BCUT2D eigenvalue weighted by Gasteiger charge is 2.55. The van der Waals surface area contributed by atoms with Crippen LogP contribution in [0, 0.1) is 0 Å². The van der Waals surface area contributed by atoms with Gasteiger partial charge in [-0.3, -0.25) is 4.84 Å². The van der Waals surface area contributed by atoms with Gasteiger partial charge >= 0.3 is 0 Å². The van der Waals surface area contributed by atoms with Crippen LogP contribution in [0.4, 0.5) is 0 Å². The van der Waals surface area contributed by atoms with Crippen LogP contribution in [-0.2, 0) is 47.5 Å². The molecule has 0 aliphatic rings. The van der Waals surface area contributed by atoms with E-state index >= 15 is 0 Å². The fourth-order valence-electron chi connectivity index (χ4n) is 5.62. The number of nitrogens with one attached hydrogen (secondary N) is 1. The van der Waals surface area contributed by atoms with E-state index in [0.29, 0.717) is 47.5 Å². The van der Waals surface area contributed by atoms with Gasteiger partial charge < -0.3 is 42.6 Å². The Balaban J connectivity index is 0. The minimum atomic E-state index is -0.967. The fourth-order valence-corrected chi connectivity index (χ4v) is 10.9. The summed E-state index contributed by atoms with van der Waals surface area (Å²) in [4.78, 5) is 8.00. The fraction of sp³-hybridized carbons (Fsp3) is 1.00. The molecule has 0 amide bonds. The van der Waals surface area contributed by atoms with E-state index in [2.05, 4.69) is 33.2 Å². The molecule has 0 saturated carbocycles. The van der Waals surface area contributed by atoms with Crippen LogP contribution < -0.4 is 5.48 Å². The zero-order valence-corrected chi connectivity index (χ0v) is 39.1. The second-order valence-corrected chi connectivity index (χ2v) is 17.2. The Labute approximate surface area is 320 Å². The molecule has 0 fully saturated rings. The zero-order chi connectivity index (χ0) is 39.2. The molecule has 16 heteroatoms. The predicted octanol–water partition coefficient (Wildman–Crippen LogP) is 6.79. The van der Waals surface area contributed by atoms with E-state index in [0.717, 1.165) is 75.0 Å². The first-order valence-electron chi connectivity index (χ1n) is 18.6. The van der Waals surface area contributed by atoms with Crippen LogP contribution in [0.1, 0.15) is 74.1 Å². The molecule has 310 valence electrons. The van der Waals surface area contributed by atoms with Crippen molar-refractivity contribution in [2.45, 2.75) is 110 Å². The summed E-state index contributed by atoms with van der Waals surface area (Å²) in [6.45, 7) is 16.0. The van der Waals surface area contributed by atoms with Gasteiger partial charge in [-0.05, 0) is 38.5 Å². The number of rotatable bonds is 34. The van der Waals surface area contributed by atoms with Crippen LogP contribution in [0.25, 0.3) is 0 Å². The van der Waals surface area contributed by atoms with Crippen LogP contribution >= 0.6 is 34.3 Å². The molecule has 0 heterocycles. The highest BCUT2D eigenvalue weighted by atomic mass is 31.1. The number of ether oxygens (including phenoxy) is 9. The van der Waals surface area contributed by atoms with Crippen molar-refractivity contribution < 1.29 is 47.5 Å². The summed E-state index contributed by atoms with van der Waals surface area (Å²) in [7, 11) is 16.2. The number of hydroxylamine groups is 1. The van der Waals surface area contributed by atoms with Crippen LogP contribution in [0.5, 0.6) is 0 Å². The lowest BCUT2D eigenvalue weighted by atomic mass is 10.0. The highest BCUT2D eigenvalue weighted by molar-refractivity contribution is 7.38. The van der Waals surface area contributed by atoms with Gasteiger partial charge in [-0.25, -0.2) is 5.48 Å². The Kier molecular flexibility index (Phi) is 34.5. The SMILES string of the molecule is CCCPCC(OC)(OC)C(ONCC)C(CPCCC)(OC)OC.CCCPCC(OC)(OC)N(C(C)OCC)C(CPCCC)(OC)OC. The maximum Gasteiger partial charge on any atom is 0.239 e. The molecule has 0 saturated heterocycles. The smallest absolute Gasteiger partial charge is 0.239 e. The number of hydrogen-bond acceptors (Lipinski definition) is 12. The molecule has 12 nitrogen and oxygen atoms in total. The van der Waals surface area contributed by atoms with E-state index in [1.807, 2.05) is 25.7 Å². The van der Waals surface area contributed by atoms with Gasteiger partial charge in [0.1, 0.15) is 6.23 Å². The Bertz CT molecular complexity index is 729. The molecule has 0 aliphatic heterocycles. The molecule has 51 heavy (non-hydrogen) atoms. The van der Waals surface area contributed by atoms with Crippen molar-refractivity contribution in [3.8, 4) is 0 Å². The van der Waals surface area contributed by atoms with Gasteiger partial charge in [-0.2, -0.15) is 4.90 Å². The summed E-state index contributed by atoms with van der Waals surface area (Å²) in [5.41, 5.74) is 2.96. The Morgan fingerprint density at radius 1 is 0.510 bits per heavy atom. The largest absolute Gasteiger partial charge is 0.363 e. The third-order valence-electron chi connectivity index (χ3n) is 8.45. The van der Waals surface area contributed by atoms with Gasteiger partial charge in [0.2, 0.25) is 23.4 Å². The van der Waals surface area contributed by atoms with Crippen LogP contribution in [0.15, 0.2) is 0 Å². The topological polar surface area (TPSA) is 108 Å². The van der Waals surface area contributed by atoms with E-state index < -0.39 is 29.5 Å². The maximum atomic E-state index is 6.01. The van der Waals surface area contributed by atoms with Crippen molar-refractivity contribution in [3.05, 3.63) is 0 Å². The summed E-state index contributed by atoms with van der Waals surface area (Å²) < 4.78 is 53.2. The molecule has 5 atom stereocenters. The van der Waals surface area contributed by atoms with Crippen molar-refractivity contribution in [2.24, 2.45) is 0 Å². The summed E-state index contributed by atoms with van der Waals surface area (Å²) >= 11 is 0. The molecule has 0 radical (unpaired) electrons. The molecule has 1 N–H and O–H groups in total. The molecule has 5 unspecified atom stereocenters. The average Bonchev–Trinajstić information content (AvgIpc) is 3.16. The standard InChI is InChI=1S/C18H41NO5P2.C17H39NO5P2/c1-9-12-25-14-17(20-5,21-6)19(16(4)24-11-3)18(22-7,23-8)15-26-13-10-2;1-8-11-24-13-16(19-4,20-5)15(23-18-10-3)17(21-6,22-7)14-25-12-9-2/h16,25-26H,9-15H2,1-8H3;15,18,24-25H,8-14H2,1-7H3. The van der Waals surface area contributed by atoms with Gasteiger partial charge in [0, 0.05) is 94.7 Å². The Morgan fingerprint density at radius 3 is 1.10 bits per heavy atom. The molecule has 0 spiro atoms. The normalized spacial score (nSPS) is 15.1. The summed E-state index contributed by atoms with van der Waals surface area (Å²) in [5, 5.41) is 0. The second kappa shape index (κ2) is 32.3. The summed E-state index contributed by atoms with van der Waals surface area (Å²) in [6, 6.07) is 0. The number of nitrogens with zero attached hydrogens (tertiary/aromatic N) is 1. The van der Waals surface area contributed by atoms with Gasteiger partial charge in [-0.15, -0.1) is 34.3 Å².